The molecule has 0 radical (unpaired) electrons. The second-order valence-electron chi connectivity index (χ2n) is 6.31. The third-order valence-electron chi connectivity index (χ3n) is 4.67. The van der Waals surface area contributed by atoms with Gasteiger partial charge in [0.1, 0.15) is 11.6 Å². The van der Waals surface area contributed by atoms with Crippen molar-refractivity contribution in [2.24, 2.45) is 0 Å². The summed E-state index contributed by atoms with van der Waals surface area (Å²) < 4.78 is 1.93. The number of aryl methyl sites for hydroxylation is 1. The molecule has 6 heteroatoms. The van der Waals surface area contributed by atoms with Crippen LogP contribution in [0.4, 0.5) is 11.6 Å². The Balaban J connectivity index is 1.86. The average Bonchev–Trinajstić information content (AvgIpc) is 2.89. The molecular weight excluding hydrogens is 314 g/mol. The van der Waals surface area contributed by atoms with Crippen LogP contribution in [0.25, 0.3) is 5.69 Å². The number of carbonyl (C=O) groups is 1. The molecule has 6 nitrogen and oxygen atoms in total. The molecule has 0 spiro atoms. The third kappa shape index (κ3) is 2.55. The van der Waals surface area contributed by atoms with Crippen molar-refractivity contribution in [2.45, 2.75) is 26.2 Å². The van der Waals surface area contributed by atoms with Gasteiger partial charge in [0.25, 0.3) is 0 Å². The molecule has 1 unspecified atom stereocenters. The van der Waals surface area contributed by atoms with Gasteiger partial charge in [0, 0.05) is 29.2 Å². The number of aromatic nitrogens is 3. The zero-order valence-corrected chi connectivity index (χ0v) is 14.2. The quantitative estimate of drug-likeness (QED) is 0.755. The summed E-state index contributed by atoms with van der Waals surface area (Å²) in [6.07, 6.45) is 0.376. The summed E-state index contributed by atoms with van der Waals surface area (Å²) in [5.41, 5.74) is 10.8. The van der Waals surface area contributed by atoms with Crippen molar-refractivity contribution in [3.63, 3.8) is 0 Å². The van der Waals surface area contributed by atoms with E-state index in [9.17, 15) is 4.79 Å². The van der Waals surface area contributed by atoms with Gasteiger partial charge in [0.15, 0.2) is 0 Å². The molecule has 0 fully saturated rings. The number of rotatable bonds is 2. The summed E-state index contributed by atoms with van der Waals surface area (Å²) >= 11 is 0. The van der Waals surface area contributed by atoms with Crippen molar-refractivity contribution in [2.75, 3.05) is 11.1 Å². The minimum atomic E-state index is -0.0747. The predicted molar refractivity (Wildman–Crippen MR) is 96.8 cm³/mol. The lowest BCUT2D eigenvalue weighted by Gasteiger charge is -2.25. The number of nitrogens with two attached hydrogens (primary N) is 1. The number of anilines is 2. The van der Waals surface area contributed by atoms with Crippen molar-refractivity contribution in [1.82, 2.24) is 14.8 Å². The molecule has 3 aromatic rings. The maximum Gasteiger partial charge on any atom is 0.226 e. The van der Waals surface area contributed by atoms with Gasteiger partial charge in [-0.3, -0.25) is 4.79 Å². The van der Waals surface area contributed by atoms with Gasteiger partial charge >= 0.3 is 0 Å². The van der Waals surface area contributed by atoms with E-state index < -0.39 is 0 Å². The SMILES string of the molecule is Cc1nn(-c2ccccc2)c(C)c1C1CC(=O)Nc2nc(N)ccc21. The van der Waals surface area contributed by atoms with Crippen LogP contribution in [0, 0.1) is 13.8 Å². The van der Waals surface area contributed by atoms with Crippen molar-refractivity contribution in [3.05, 3.63) is 65.0 Å². The van der Waals surface area contributed by atoms with E-state index in [4.69, 9.17) is 10.8 Å². The first-order chi connectivity index (χ1) is 12.0. The lowest BCUT2D eigenvalue weighted by molar-refractivity contribution is -0.116. The summed E-state index contributed by atoms with van der Waals surface area (Å²) in [6, 6.07) is 13.7. The van der Waals surface area contributed by atoms with Crippen LogP contribution in [0.3, 0.4) is 0 Å². The second kappa shape index (κ2) is 5.73. The standard InChI is InChI=1S/C19H19N5O/c1-11-18(12(2)24(23-11)13-6-4-3-5-7-13)15-10-17(25)22-19-14(15)8-9-16(20)21-19/h3-9,15H,10H2,1-2H3,(H3,20,21,22,25). The van der Waals surface area contributed by atoms with E-state index in [0.29, 0.717) is 18.1 Å². The number of hydrogen-bond donors (Lipinski definition) is 2. The monoisotopic (exact) mass is 333 g/mol. The smallest absolute Gasteiger partial charge is 0.226 e. The van der Waals surface area contributed by atoms with Gasteiger partial charge in [-0.2, -0.15) is 5.10 Å². The highest BCUT2D eigenvalue weighted by atomic mass is 16.1. The highest BCUT2D eigenvalue weighted by Crippen LogP contribution is 2.39. The molecule has 0 saturated carbocycles. The summed E-state index contributed by atoms with van der Waals surface area (Å²) in [5, 5.41) is 7.53. The number of pyridine rings is 1. The van der Waals surface area contributed by atoms with Crippen molar-refractivity contribution < 1.29 is 4.79 Å². The Morgan fingerprint density at radius 1 is 1.16 bits per heavy atom. The lowest BCUT2D eigenvalue weighted by atomic mass is 9.85. The maximum atomic E-state index is 12.2. The molecular formula is C19H19N5O. The number of nitrogen functional groups attached to an aromatic ring is 1. The number of fused-ring (bicyclic) bond motifs is 1. The van der Waals surface area contributed by atoms with Gasteiger partial charge in [-0.15, -0.1) is 0 Å². The van der Waals surface area contributed by atoms with E-state index in [2.05, 4.69) is 10.3 Å². The molecule has 0 bridgehead atoms. The first kappa shape index (κ1) is 15.4. The van der Waals surface area contributed by atoms with Crippen LogP contribution in [0.5, 0.6) is 0 Å². The van der Waals surface area contributed by atoms with Crippen molar-refractivity contribution in [1.29, 1.82) is 0 Å². The minimum absolute atomic E-state index is 0.0538. The van der Waals surface area contributed by atoms with Crippen LogP contribution in [0.15, 0.2) is 42.5 Å². The highest BCUT2D eigenvalue weighted by molar-refractivity contribution is 5.94. The number of nitrogens with one attached hydrogen (secondary N) is 1. The molecule has 3 heterocycles. The molecule has 1 aliphatic rings. The number of nitrogens with zero attached hydrogens (tertiary/aromatic N) is 3. The Morgan fingerprint density at radius 2 is 1.92 bits per heavy atom. The van der Waals surface area contributed by atoms with Gasteiger partial charge in [-0.25, -0.2) is 9.67 Å². The zero-order valence-electron chi connectivity index (χ0n) is 14.2. The Morgan fingerprint density at radius 3 is 2.68 bits per heavy atom. The van der Waals surface area contributed by atoms with E-state index in [1.807, 2.05) is 54.9 Å². The van der Waals surface area contributed by atoms with Crippen molar-refractivity contribution in [3.8, 4) is 5.69 Å². The number of benzene rings is 1. The van der Waals surface area contributed by atoms with E-state index in [1.54, 1.807) is 6.07 Å². The van der Waals surface area contributed by atoms with E-state index in [1.165, 1.54) is 0 Å². The molecule has 0 aliphatic carbocycles. The normalized spacial score (nSPS) is 16.4. The molecule has 0 saturated heterocycles. The van der Waals surface area contributed by atoms with E-state index in [-0.39, 0.29) is 11.8 Å². The largest absolute Gasteiger partial charge is 0.384 e. The fourth-order valence-corrected chi connectivity index (χ4v) is 3.58. The minimum Gasteiger partial charge on any atom is -0.384 e. The van der Waals surface area contributed by atoms with E-state index >= 15 is 0 Å². The van der Waals surface area contributed by atoms with Crippen LogP contribution < -0.4 is 11.1 Å². The Bertz CT molecular complexity index is 961. The van der Waals surface area contributed by atoms with Crippen LogP contribution in [-0.4, -0.2) is 20.7 Å². The molecule has 1 atom stereocenters. The first-order valence-electron chi connectivity index (χ1n) is 8.22. The molecule has 1 aliphatic heterocycles. The zero-order chi connectivity index (χ0) is 17.6. The Hall–Kier alpha value is -3.15. The predicted octanol–water partition coefficient (Wildman–Crippen LogP) is 2.94. The number of amides is 1. The second-order valence-corrected chi connectivity index (χ2v) is 6.31. The maximum absolute atomic E-state index is 12.2. The summed E-state index contributed by atoms with van der Waals surface area (Å²) in [5.74, 6) is 0.816. The van der Waals surface area contributed by atoms with Crippen molar-refractivity contribution >= 4 is 17.5 Å². The highest BCUT2D eigenvalue weighted by Gasteiger charge is 2.31. The molecule has 126 valence electrons. The summed E-state index contributed by atoms with van der Waals surface area (Å²) in [4.78, 5) is 16.5. The van der Waals surface area contributed by atoms with Crippen LogP contribution >= 0.6 is 0 Å². The van der Waals surface area contributed by atoms with Gasteiger partial charge in [0.2, 0.25) is 5.91 Å². The topological polar surface area (TPSA) is 85.8 Å². The molecule has 4 rings (SSSR count). The fraction of sp³-hybridized carbons (Fsp3) is 0.211. The van der Waals surface area contributed by atoms with Gasteiger partial charge in [-0.05, 0) is 32.0 Å². The number of para-hydroxylation sites is 1. The molecule has 3 N–H and O–H groups in total. The Kier molecular flexibility index (Phi) is 3.53. The average molecular weight is 333 g/mol. The molecule has 1 aromatic carbocycles. The van der Waals surface area contributed by atoms with Gasteiger partial charge in [0.05, 0.1) is 11.4 Å². The van der Waals surface area contributed by atoms with Crippen LogP contribution in [0.1, 0.15) is 34.9 Å². The van der Waals surface area contributed by atoms with Crippen LogP contribution in [0.2, 0.25) is 0 Å². The van der Waals surface area contributed by atoms with E-state index in [0.717, 1.165) is 28.2 Å². The first-order valence-corrected chi connectivity index (χ1v) is 8.22. The summed E-state index contributed by atoms with van der Waals surface area (Å²) in [6.45, 7) is 4.03. The van der Waals surface area contributed by atoms with Gasteiger partial charge in [-0.1, -0.05) is 24.3 Å². The molecule has 25 heavy (non-hydrogen) atoms. The molecule has 2 aromatic heterocycles. The van der Waals surface area contributed by atoms with Crippen LogP contribution in [-0.2, 0) is 4.79 Å². The van der Waals surface area contributed by atoms with Gasteiger partial charge < -0.3 is 11.1 Å². The number of carbonyl (C=O) groups excluding carboxylic acids is 1. The fourth-order valence-electron chi connectivity index (χ4n) is 3.58. The molecule has 1 amide bonds. The number of hydrogen-bond acceptors (Lipinski definition) is 4. The lowest BCUT2D eigenvalue weighted by Crippen LogP contribution is -2.25. The third-order valence-corrected chi connectivity index (χ3v) is 4.67. The Labute approximate surface area is 145 Å². The summed E-state index contributed by atoms with van der Waals surface area (Å²) in [7, 11) is 0.